The fourth-order valence-electron chi connectivity index (χ4n) is 3.58. The smallest absolute Gasteiger partial charge is 0.261 e. The molecular formula is C25H23NO4. The Bertz CT molecular complexity index is 1050. The number of ether oxygens (including phenoxy) is 2. The number of hydrogen-bond donors (Lipinski definition) is 0. The molecule has 3 aromatic rings. The van der Waals surface area contributed by atoms with Gasteiger partial charge in [0, 0.05) is 6.07 Å². The topological polar surface area (TPSA) is 55.8 Å². The van der Waals surface area contributed by atoms with Crippen LogP contribution in [0.2, 0.25) is 0 Å². The summed E-state index contributed by atoms with van der Waals surface area (Å²) in [6.45, 7) is 5.04. The first-order valence-electron chi connectivity index (χ1n) is 9.90. The minimum absolute atomic E-state index is 0.194. The second-order valence-corrected chi connectivity index (χ2v) is 7.29. The highest BCUT2D eigenvalue weighted by molar-refractivity contribution is 6.21. The Balaban J connectivity index is 1.34. The molecule has 4 rings (SSSR count). The van der Waals surface area contributed by atoms with Gasteiger partial charge in [-0.05, 0) is 54.8 Å². The number of hydrogen-bond acceptors (Lipinski definition) is 4. The van der Waals surface area contributed by atoms with Gasteiger partial charge in [0.2, 0.25) is 0 Å². The molecule has 1 aliphatic rings. The van der Waals surface area contributed by atoms with Crippen LogP contribution in [0.4, 0.5) is 0 Å². The van der Waals surface area contributed by atoms with E-state index < -0.39 is 0 Å². The van der Waals surface area contributed by atoms with E-state index >= 15 is 0 Å². The summed E-state index contributed by atoms with van der Waals surface area (Å²) in [5, 5.41) is 0. The van der Waals surface area contributed by atoms with E-state index in [0.29, 0.717) is 29.2 Å². The van der Waals surface area contributed by atoms with Crippen LogP contribution < -0.4 is 9.47 Å². The minimum atomic E-state index is -0.273. The molecule has 5 nitrogen and oxygen atoms in total. The number of carbonyl (C=O) groups is 2. The van der Waals surface area contributed by atoms with Gasteiger partial charge in [0.25, 0.3) is 11.8 Å². The number of imide groups is 1. The molecule has 0 radical (unpaired) electrons. The van der Waals surface area contributed by atoms with Gasteiger partial charge in [-0.1, -0.05) is 36.4 Å². The quantitative estimate of drug-likeness (QED) is 0.545. The average Bonchev–Trinajstić information content (AvgIpc) is 2.99. The molecular weight excluding hydrogens is 378 g/mol. The Morgan fingerprint density at radius 1 is 0.733 bits per heavy atom. The van der Waals surface area contributed by atoms with Gasteiger partial charge in [0.1, 0.15) is 24.7 Å². The maximum atomic E-state index is 12.4. The Morgan fingerprint density at radius 2 is 1.30 bits per heavy atom. The number of aryl methyl sites for hydroxylation is 2. The lowest BCUT2D eigenvalue weighted by Gasteiger charge is -2.15. The number of carbonyl (C=O) groups excluding carboxylic acids is 2. The van der Waals surface area contributed by atoms with Crippen molar-refractivity contribution in [3.63, 3.8) is 0 Å². The predicted octanol–water partition coefficient (Wildman–Crippen LogP) is 4.56. The normalized spacial score (nSPS) is 12.8. The lowest BCUT2D eigenvalue weighted by atomic mass is 10.0. The minimum Gasteiger partial charge on any atom is -0.492 e. The molecule has 0 atom stereocenters. The molecule has 0 fully saturated rings. The zero-order valence-electron chi connectivity index (χ0n) is 17.1. The lowest BCUT2D eigenvalue weighted by molar-refractivity contribution is 0.0631. The van der Waals surface area contributed by atoms with Crippen molar-refractivity contribution in [1.82, 2.24) is 4.90 Å². The van der Waals surface area contributed by atoms with E-state index in [-0.39, 0.29) is 25.0 Å². The summed E-state index contributed by atoms with van der Waals surface area (Å²) in [4.78, 5) is 26.0. The van der Waals surface area contributed by atoms with Gasteiger partial charge >= 0.3 is 0 Å². The molecule has 0 saturated carbocycles. The molecule has 0 saturated heterocycles. The summed E-state index contributed by atoms with van der Waals surface area (Å²) in [5.74, 6) is 0.788. The van der Waals surface area contributed by atoms with E-state index in [1.165, 1.54) is 21.6 Å². The maximum Gasteiger partial charge on any atom is 0.261 e. The number of fused-ring (bicyclic) bond motifs is 1. The highest BCUT2D eigenvalue weighted by atomic mass is 16.5. The first kappa shape index (κ1) is 19.7. The van der Waals surface area contributed by atoms with Crippen molar-refractivity contribution < 1.29 is 19.1 Å². The van der Waals surface area contributed by atoms with Crippen LogP contribution in [0.3, 0.4) is 0 Å². The molecule has 1 heterocycles. The van der Waals surface area contributed by atoms with Gasteiger partial charge in [-0.15, -0.1) is 0 Å². The van der Waals surface area contributed by atoms with E-state index in [9.17, 15) is 9.59 Å². The summed E-state index contributed by atoms with van der Waals surface area (Å²) in [6, 6.07) is 20.4. The van der Waals surface area contributed by atoms with Crippen LogP contribution >= 0.6 is 0 Å². The zero-order chi connectivity index (χ0) is 21.1. The second kappa shape index (κ2) is 8.41. The first-order valence-corrected chi connectivity index (χ1v) is 9.90. The molecule has 3 aromatic carbocycles. The number of amides is 2. The van der Waals surface area contributed by atoms with Crippen LogP contribution in [0, 0.1) is 13.8 Å². The number of nitrogens with zero attached hydrogens (tertiary/aromatic N) is 1. The summed E-state index contributed by atoms with van der Waals surface area (Å²) in [5.41, 5.74) is 4.47. The molecule has 0 N–H and O–H groups in total. The molecule has 30 heavy (non-hydrogen) atoms. The van der Waals surface area contributed by atoms with Gasteiger partial charge in [0.15, 0.2) is 0 Å². The van der Waals surface area contributed by atoms with Crippen molar-refractivity contribution in [2.75, 3.05) is 13.2 Å². The molecule has 0 unspecified atom stereocenters. The molecule has 1 aliphatic heterocycles. The van der Waals surface area contributed by atoms with Gasteiger partial charge in [-0.3, -0.25) is 14.5 Å². The zero-order valence-corrected chi connectivity index (χ0v) is 17.1. The first-order chi connectivity index (χ1) is 14.5. The van der Waals surface area contributed by atoms with Gasteiger partial charge in [-0.2, -0.15) is 0 Å². The number of benzene rings is 3. The van der Waals surface area contributed by atoms with Crippen molar-refractivity contribution in [3.8, 4) is 11.5 Å². The van der Waals surface area contributed by atoms with E-state index in [4.69, 9.17) is 9.47 Å². The van der Waals surface area contributed by atoms with Crippen molar-refractivity contribution >= 4 is 11.8 Å². The molecule has 5 heteroatoms. The third kappa shape index (κ3) is 3.92. The van der Waals surface area contributed by atoms with E-state index in [1.54, 1.807) is 24.3 Å². The highest BCUT2D eigenvalue weighted by Crippen LogP contribution is 2.24. The Hall–Kier alpha value is -3.60. The fourth-order valence-corrected chi connectivity index (χ4v) is 3.58. The molecule has 0 spiro atoms. The lowest BCUT2D eigenvalue weighted by Crippen LogP contribution is -2.33. The average molecular weight is 401 g/mol. The van der Waals surface area contributed by atoms with Crippen LogP contribution in [0.5, 0.6) is 11.5 Å². The monoisotopic (exact) mass is 401 g/mol. The van der Waals surface area contributed by atoms with E-state index in [2.05, 4.69) is 26.0 Å². The summed E-state index contributed by atoms with van der Waals surface area (Å²) < 4.78 is 11.7. The Labute approximate surface area is 175 Å². The predicted molar refractivity (Wildman–Crippen MR) is 114 cm³/mol. The third-order valence-corrected chi connectivity index (χ3v) is 5.29. The van der Waals surface area contributed by atoms with E-state index in [0.717, 1.165) is 0 Å². The number of rotatable bonds is 7. The Morgan fingerprint density at radius 3 is 1.93 bits per heavy atom. The fraction of sp³-hybridized carbons (Fsp3) is 0.200. The Kier molecular flexibility index (Phi) is 5.53. The van der Waals surface area contributed by atoms with Crippen LogP contribution in [-0.4, -0.2) is 29.9 Å². The van der Waals surface area contributed by atoms with Gasteiger partial charge in [-0.25, -0.2) is 0 Å². The van der Waals surface area contributed by atoms with Crippen LogP contribution in [0.25, 0.3) is 0 Å². The third-order valence-electron chi connectivity index (χ3n) is 5.29. The summed E-state index contributed by atoms with van der Waals surface area (Å²) in [7, 11) is 0. The summed E-state index contributed by atoms with van der Waals surface area (Å²) >= 11 is 0. The second-order valence-electron chi connectivity index (χ2n) is 7.29. The van der Waals surface area contributed by atoms with Crippen LogP contribution in [0.15, 0.2) is 66.7 Å². The molecule has 0 aromatic heterocycles. The molecule has 152 valence electrons. The summed E-state index contributed by atoms with van der Waals surface area (Å²) in [6.07, 6.45) is 0. The molecule has 0 bridgehead atoms. The van der Waals surface area contributed by atoms with Crippen molar-refractivity contribution in [1.29, 1.82) is 0 Å². The standard InChI is InChI=1S/C25H23NO4/c1-17-7-5-8-18(2)23(17)16-30-20-10-6-9-19(15-20)29-14-13-26-24(27)21-11-3-4-12-22(21)25(26)28/h3-12,15H,13-14,16H2,1-2H3. The van der Waals surface area contributed by atoms with Crippen LogP contribution in [-0.2, 0) is 6.61 Å². The molecule has 0 aliphatic carbocycles. The van der Waals surface area contributed by atoms with Gasteiger partial charge in [0.05, 0.1) is 17.7 Å². The van der Waals surface area contributed by atoms with Crippen LogP contribution in [0.1, 0.15) is 37.4 Å². The van der Waals surface area contributed by atoms with Crippen molar-refractivity contribution in [2.24, 2.45) is 0 Å². The van der Waals surface area contributed by atoms with Gasteiger partial charge < -0.3 is 9.47 Å². The molecule has 2 amide bonds. The van der Waals surface area contributed by atoms with E-state index in [1.807, 2.05) is 30.3 Å². The van der Waals surface area contributed by atoms with Crippen molar-refractivity contribution in [3.05, 3.63) is 94.5 Å². The largest absolute Gasteiger partial charge is 0.492 e. The SMILES string of the molecule is Cc1cccc(C)c1COc1cccc(OCCN2C(=O)c3ccccc3C2=O)c1. The van der Waals surface area contributed by atoms with Crippen molar-refractivity contribution in [2.45, 2.75) is 20.5 Å². The highest BCUT2D eigenvalue weighted by Gasteiger charge is 2.34. The maximum absolute atomic E-state index is 12.4.